The number of nitrogens with zero attached hydrogens (tertiary/aromatic N) is 4. The van der Waals surface area contributed by atoms with Crippen molar-refractivity contribution >= 4 is 6.09 Å². The molecule has 8 nitrogen and oxygen atoms in total. The zero-order chi connectivity index (χ0) is 25.9. The summed E-state index contributed by atoms with van der Waals surface area (Å²) in [5.41, 5.74) is 5.30. The Morgan fingerprint density at radius 2 is 1.92 bits per heavy atom. The van der Waals surface area contributed by atoms with Crippen LogP contribution in [0.4, 0.5) is 9.18 Å². The fourth-order valence-electron chi connectivity index (χ4n) is 4.87. The summed E-state index contributed by atoms with van der Waals surface area (Å²) < 4.78 is 25.9. The van der Waals surface area contributed by atoms with Gasteiger partial charge in [-0.25, -0.2) is 9.18 Å². The van der Waals surface area contributed by atoms with E-state index < -0.39 is 29.2 Å². The molecule has 0 saturated heterocycles. The molecule has 1 amide bonds. The topological polar surface area (TPSA) is 136 Å². The first-order chi connectivity index (χ1) is 17.4. The van der Waals surface area contributed by atoms with Crippen LogP contribution in [0.15, 0.2) is 71.5 Å². The number of hydrogen-bond acceptors (Lipinski definition) is 7. The van der Waals surface area contributed by atoms with E-state index in [2.05, 4.69) is 0 Å². The molecule has 0 spiro atoms. The molecule has 1 aliphatic carbocycles. The lowest BCUT2D eigenvalue weighted by molar-refractivity contribution is 0.0897. The second-order valence-corrected chi connectivity index (χ2v) is 8.51. The Morgan fingerprint density at radius 1 is 1.19 bits per heavy atom. The summed E-state index contributed by atoms with van der Waals surface area (Å²) in [6.45, 7) is 0.170. The van der Waals surface area contributed by atoms with E-state index >= 15 is 4.39 Å². The average Bonchev–Trinajstić information content (AvgIpc) is 2.92. The van der Waals surface area contributed by atoms with Gasteiger partial charge in [0.2, 0.25) is 0 Å². The molecule has 2 N–H and O–H groups in total. The highest BCUT2D eigenvalue weighted by Gasteiger charge is 2.55. The van der Waals surface area contributed by atoms with E-state index in [4.69, 9.17) is 15.2 Å². The predicted octanol–water partition coefficient (Wildman–Crippen LogP) is 3.90. The molecule has 0 bridgehead atoms. The summed E-state index contributed by atoms with van der Waals surface area (Å²) in [4.78, 5) is 14.3. The van der Waals surface area contributed by atoms with Gasteiger partial charge >= 0.3 is 6.09 Å². The molecule has 2 aromatic rings. The number of ether oxygens (including phenoxy) is 2. The third kappa shape index (κ3) is 4.00. The van der Waals surface area contributed by atoms with Gasteiger partial charge in [0.15, 0.2) is 5.41 Å². The predicted molar refractivity (Wildman–Crippen MR) is 126 cm³/mol. The van der Waals surface area contributed by atoms with Crippen molar-refractivity contribution in [3.8, 4) is 24.0 Å². The van der Waals surface area contributed by atoms with Crippen LogP contribution in [0.25, 0.3) is 0 Å². The van der Waals surface area contributed by atoms with Crippen molar-refractivity contribution in [1.29, 1.82) is 15.8 Å². The van der Waals surface area contributed by atoms with Gasteiger partial charge in [-0.15, -0.1) is 0 Å². The molecule has 0 unspecified atom stereocenters. The number of halogens is 1. The highest BCUT2D eigenvalue weighted by molar-refractivity contribution is 5.69. The first-order valence-electron chi connectivity index (χ1n) is 11.1. The summed E-state index contributed by atoms with van der Waals surface area (Å²) >= 11 is 0. The number of nitrogens with two attached hydrogens (primary N) is 1. The summed E-state index contributed by atoms with van der Waals surface area (Å²) in [7, 11) is 1.41. The van der Waals surface area contributed by atoms with E-state index in [1.165, 1.54) is 30.2 Å². The van der Waals surface area contributed by atoms with Crippen LogP contribution in [0.1, 0.15) is 17.0 Å². The summed E-state index contributed by atoms with van der Waals surface area (Å²) in [6, 6.07) is 19.1. The van der Waals surface area contributed by atoms with Gasteiger partial charge in [-0.1, -0.05) is 36.4 Å². The van der Waals surface area contributed by atoms with Crippen LogP contribution in [0, 0.1) is 51.1 Å². The molecular formula is C27H22FN5O3. The van der Waals surface area contributed by atoms with E-state index in [1.807, 2.05) is 48.5 Å². The fraction of sp³-hybridized carbons (Fsp3) is 0.259. The minimum atomic E-state index is -2.04. The number of hydrogen-bond donors (Lipinski definition) is 1. The summed E-state index contributed by atoms with van der Waals surface area (Å²) in [5, 5.41) is 30.2. The van der Waals surface area contributed by atoms with Crippen LogP contribution in [0.2, 0.25) is 0 Å². The monoisotopic (exact) mass is 483 g/mol. The van der Waals surface area contributed by atoms with Crippen molar-refractivity contribution < 1.29 is 18.7 Å². The Balaban J connectivity index is 1.78. The van der Waals surface area contributed by atoms with Crippen LogP contribution in [-0.2, 0) is 11.3 Å². The van der Waals surface area contributed by atoms with Crippen LogP contribution < -0.4 is 10.5 Å². The SMILES string of the molecule is COc1ccc(F)c([C@@H]2[C@@H]3CN(C(=O)OCc4ccccc4)CC=C3C(C#N)=C(N)C2(C#N)C#N)c1. The molecule has 2 atom stereocenters. The molecular weight excluding hydrogens is 461 g/mol. The minimum absolute atomic E-state index is 0.0000396. The third-order valence-corrected chi connectivity index (χ3v) is 6.67. The van der Waals surface area contributed by atoms with Crippen LogP contribution in [0.3, 0.4) is 0 Å². The standard InChI is InChI=1S/C27H22FN5O3/c1-35-18-7-8-23(28)20(11-18)24-22-13-33(26(34)36-14-17-5-3-2-4-6-17)10-9-19(22)21(12-29)25(32)27(24,15-30)16-31/h2-9,11,22,24H,10,13-14,32H2,1H3/t22-,24-/m1/s1. The van der Waals surface area contributed by atoms with Crippen molar-refractivity contribution in [2.45, 2.75) is 12.5 Å². The zero-order valence-corrected chi connectivity index (χ0v) is 19.4. The van der Waals surface area contributed by atoms with Gasteiger partial charge < -0.3 is 20.1 Å². The molecule has 1 heterocycles. The van der Waals surface area contributed by atoms with Gasteiger partial charge in [-0.2, -0.15) is 15.8 Å². The molecule has 4 rings (SSSR count). The second kappa shape index (κ2) is 9.82. The van der Waals surface area contributed by atoms with E-state index in [0.717, 1.165) is 5.56 Å². The molecule has 0 saturated carbocycles. The van der Waals surface area contributed by atoms with E-state index in [1.54, 1.807) is 6.08 Å². The van der Waals surface area contributed by atoms with Gasteiger partial charge in [0.1, 0.15) is 24.2 Å². The van der Waals surface area contributed by atoms with E-state index in [-0.39, 0.29) is 36.5 Å². The van der Waals surface area contributed by atoms with Crippen molar-refractivity contribution in [3.05, 3.63) is 88.4 Å². The summed E-state index contributed by atoms with van der Waals surface area (Å²) in [6.07, 6.45) is 1.03. The Bertz CT molecular complexity index is 1370. The molecule has 180 valence electrons. The maximum atomic E-state index is 15.2. The maximum absolute atomic E-state index is 15.2. The van der Waals surface area contributed by atoms with Gasteiger partial charge in [0.05, 0.1) is 30.5 Å². The molecule has 0 radical (unpaired) electrons. The van der Waals surface area contributed by atoms with Crippen molar-refractivity contribution in [1.82, 2.24) is 4.90 Å². The number of allylic oxidation sites excluding steroid dienone is 2. The van der Waals surface area contributed by atoms with E-state index in [0.29, 0.717) is 11.3 Å². The first kappa shape index (κ1) is 24.3. The average molecular weight is 484 g/mol. The normalized spacial score (nSPS) is 20.2. The van der Waals surface area contributed by atoms with E-state index in [9.17, 15) is 20.6 Å². The number of fused-ring (bicyclic) bond motifs is 1. The lowest BCUT2D eigenvalue weighted by atomic mass is 9.58. The second-order valence-electron chi connectivity index (χ2n) is 8.51. The lowest BCUT2D eigenvalue weighted by Crippen LogP contribution is -2.49. The number of carbonyl (C=O) groups is 1. The lowest BCUT2D eigenvalue weighted by Gasteiger charge is -2.45. The van der Waals surface area contributed by atoms with Crippen molar-refractivity contribution in [2.75, 3.05) is 20.2 Å². The molecule has 9 heteroatoms. The van der Waals surface area contributed by atoms with Crippen LogP contribution >= 0.6 is 0 Å². The van der Waals surface area contributed by atoms with Gasteiger partial charge in [0, 0.05) is 24.9 Å². The molecule has 0 fully saturated rings. The largest absolute Gasteiger partial charge is 0.497 e. The van der Waals surface area contributed by atoms with Crippen molar-refractivity contribution in [2.24, 2.45) is 17.1 Å². The number of benzene rings is 2. The van der Waals surface area contributed by atoms with Gasteiger partial charge in [-0.05, 0) is 34.9 Å². The van der Waals surface area contributed by atoms with Gasteiger partial charge in [0.25, 0.3) is 0 Å². The quantitative estimate of drug-likeness (QED) is 0.696. The highest BCUT2D eigenvalue weighted by Crippen LogP contribution is 2.54. The van der Waals surface area contributed by atoms with Gasteiger partial charge in [-0.3, -0.25) is 0 Å². The molecule has 36 heavy (non-hydrogen) atoms. The number of carbonyl (C=O) groups excluding carboxylic acids is 1. The highest BCUT2D eigenvalue weighted by atomic mass is 19.1. The Labute approximate surface area is 207 Å². The maximum Gasteiger partial charge on any atom is 0.410 e. The smallest absolute Gasteiger partial charge is 0.410 e. The van der Waals surface area contributed by atoms with Crippen LogP contribution in [0.5, 0.6) is 5.75 Å². The molecule has 2 aliphatic rings. The number of nitriles is 3. The molecule has 0 aromatic heterocycles. The zero-order valence-electron chi connectivity index (χ0n) is 19.4. The minimum Gasteiger partial charge on any atom is -0.497 e. The third-order valence-electron chi connectivity index (χ3n) is 6.67. The molecule has 1 aliphatic heterocycles. The molecule has 2 aromatic carbocycles. The fourth-order valence-corrected chi connectivity index (χ4v) is 4.87. The Hall–Kier alpha value is -4.81. The Morgan fingerprint density at radius 3 is 2.56 bits per heavy atom. The number of rotatable bonds is 4. The number of methoxy groups -OCH3 is 1. The van der Waals surface area contributed by atoms with Crippen LogP contribution in [-0.4, -0.2) is 31.2 Å². The number of amides is 1. The first-order valence-corrected chi connectivity index (χ1v) is 11.1. The Kier molecular flexibility index (Phi) is 6.63. The van der Waals surface area contributed by atoms with Crippen molar-refractivity contribution in [3.63, 3.8) is 0 Å². The summed E-state index contributed by atoms with van der Waals surface area (Å²) in [5.74, 6) is -2.22.